The molecule has 0 bridgehead atoms. The molecule has 10 heteroatoms. The summed E-state index contributed by atoms with van der Waals surface area (Å²) < 4.78 is 29.4. The second-order valence-electron chi connectivity index (χ2n) is 6.60. The van der Waals surface area contributed by atoms with Crippen molar-refractivity contribution in [2.45, 2.75) is 18.7 Å². The SMILES string of the molecule is Cc1cc(Nc2ccc(S(=O)(=O)Nc3ccc(Cl)cc3)cc2)n2nc(C)cc2n1.Cl. The maximum absolute atomic E-state index is 12.6. The molecule has 0 aliphatic rings. The summed E-state index contributed by atoms with van der Waals surface area (Å²) >= 11 is 5.84. The first-order valence-electron chi connectivity index (χ1n) is 8.80. The van der Waals surface area contributed by atoms with Gasteiger partial charge < -0.3 is 5.32 Å². The Balaban J connectivity index is 0.00000256. The fourth-order valence-electron chi connectivity index (χ4n) is 2.90. The first kappa shape index (κ1) is 21.9. The molecule has 2 aromatic heterocycles. The molecule has 0 aliphatic carbocycles. The minimum atomic E-state index is -3.70. The molecule has 4 aromatic rings. The number of aryl methyl sites for hydroxylation is 2. The van der Waals surface area contributed by atoms with Gasteiger partial charge in [0.1, 0.15) is 5.82 Å². The molecule has 0 unspecified atom stereocenters. The Morgan fingerprint density at radius 1 is 0.900 bits per heavy atom. The minimum Gasteiger partial charge on any atom is -0.340 e. The van der Waals surface area contributed by atoms with Crippen molar-refractivity contribution in [3.05, 3.63) is 77.1 Å². The van der Waals surface area contributed by atoms with Crippen LogP contribution in [0.5, 0.6) is 0 Å². The quantitative estimate of drug-likeness (QED) is 0.436. The third kappa shape index (κ3) is 4.67. The third-order valence-corrected chi connectivity index (χ3v) is 5.86. The van der Waals surface area contributed by atoms with E-state index in [2.05, 4.69) is 20.1 Å². The Morgan fingerprint density at radius 3 is 2.20 bits per heavy atom. The van der Waals surface area contributed by atoms with Crippen molar-refractivity contribution in [2.75, 3.05) is 10.0 Å². The van der Waals surface area contributed by atoms with Gasteiger partial charge >= 0.3 is 0 Å². The molecular weight excluding hydrogens is 445 g/mol. The highest BCUT2D eigenvalue weighted by atomic mass is 35.5. The van der Waals surface area contributed by atoms with Gasteiger partial charge in [-0.15, -0.1) is 12.4 Å². The lowest BCUT2D eigenvalue weighted by Crippen LogP contribution is -2.12. The molecule has 7 nitrogen and oxygen atoms in total. The number of anilines is 3. The minimum absolute atomic E-state index is 0. The van der Waals surface area contributed by atoms with Gasteiger partial charge in [0.2, 0.25) is 0 Å². The van der Waals surface area contributed by atoms with E-state index in [1.807, 2.05) is 26.0 Å². The molecule has 4 rings (SSSR count). The summed E-state index contributed by atoms with van der Waals surface area (Å²) in [5.41, 5.74) is 3.64. The average Bonchev–Trinajstić information content (AvgIpc) is 3.04. The molecule has 0 fully saturated rings. The number of fused-ring (bicyclic) bond motifs is 1. The summed E-state index contributed by atoms with van der Waals surface area (Å²) in [6, 6.07) is 16.7. The lowest BCUT2D eigenvalue weighted by molar-refractivity contribution is 0.601. The summed E-state index contributed by atoms with van der Waals surface area (Å²) in [4.78, 5) is 4.61. The molecule has 0 atom stereocenters. The van der Waals surface area contributed by atoms with Gasteiger partial charge in [0.15, 0.2) is 5.65 Å². The van der Waals surface area contributed by atoms with Gasteiger partial charge in [-0.3, -0.25) is 4.72 Å². The smallest absolute Gasteiger partial charge is 0.261 e. The number of nitrogens with zero attached hydrogens (tertiary/aromatic N) is 3. The van der Waals surface area contributed by atoms with E-state index in [1.165, 1.54) is 0 Å². The number of sulfonamides is 1. The molecular formula is C20H19Cl2N5O2S. The fourth-order valence-corrected chi connectivity index (χ4v) is 4.09. The van der Waals surface area contributed by atoms with Gasteiger partial charge in [0.25, 0.3) is 10.0 Å². The number of hydrogen-bond acceptors (Lipinski definition) is 5. The first-order valence-corrected chi connectivity index (χ1v) is 10.7. The van der Waals surface area contributed by atoms with E-state index >= 15 is 0 Å². The van der Waals surface area contributed by atoms with Crippen LogP contribution in [0, 0.1) is 13.8 Å². The van der Waals surface area contributed by atoms with Gasteiger partial charge in [-0.1, -0.05) is 11.6 Å². The maximum atomic E-state index is 12.6. The molecule has 0 saturated heterocycles. The van der Waals surface area contributed by atoms with Crippen LogP contribution in [0.25, 0.3) is 5.65 Å². The predicted molar refractivity (Wildman–Crippen MR) is 122 cm³/mol. The summed E-state index contributed by atoms with van der Waals surface area (Å²) in [5, 5.41) is 8.24. The molecule has 2 N–H and O–H groups in total. The Bertz CT molecular complexity index is 1290. The number of benzene rings is 2. The van der Waals surface area contributed by atoms with E-state index in [-0.39, 0.29) is 17.3 Å². The molecule has 0 spiro atoms. The zero-order valence-corrected chi connectivity index (χ0v) is 18.5. The highest BCUT2D eigenvalue weighted by molar-refractivity contribution is 7.92. The Labute approximate surface area is 185 Å². The maximum Gasteiger partial charge on any atom is 0.261 e. The van der Waals surface area contributed by atoms with Crippen molar-refractivity contribution < 1.29 is 8.42 Å². The highest BCUT2D eigenvalue weighted by Crippen LogP contribution is 2.23. The molecule has 2 aromatic carbocycles. The molecule has 2 heterocycles. The van der Waals surface area contributed by atoms with E-state index in [0.29, 0.717) is 10.7 Å². The number of rotatable bonds is 5. The molecule has 0 amide bonds. The lowest BCUT2D eigenvalue weighted by atomic mass is 10.3. The van der Waals surface area contributed by atoms with Crippen LogP contribution >= 0.6 is 24.0 Å². The number of hydrogen-bond donors (Lipinski definition) is 2. The van der Waals surface area contributed by atoms with Crippen molar-refractivity contribution in [1.82, 2.24) is 14.6 Å². The van der Waals surface area contributed by atoms with Gasteiger partial charge in [0, 0.05) is 34.2 Å². The van der Waals surface area contributed by atoms with E-state index in [4.69, 9.17) is 11.6 Å². The second-order valence-corrected chi connectivity index (χ2v) is 8.72. The van der Waals surface area contributed by atoms with E-state index in [0.717, 1.165) is 28.5 Å². The van der Waals surface area contributed by atoms with Gasteiger partial charge in [0.05, 0.1) is 10.6 Å². The van der Waals surface area contributed by atoms with E-state index < -0.39 is 10.0 Å². The molecule has 0 saturated carbocycles. The van der Waals surface area contributed by atoms with Crippen LogP contribution in [-0.4, -0.2) is 23.0 Å². The summed E-state index contributed by atoms with van der Waals surface area (Å²) in [7, 11) is -3.70. The van der Waals surface area contributed by atoms with Crippen molar-refractivity contribution >= 4 is 56.9 Å². The zero-order chi connectivity index (χ0) is 20.6. The molecule has 0 radical (unpaired) electrons. The highest BCUT2D eigenvalue weighted by Gasteiger charge is 2.14. The van der Waals surface area contributed by atoms with Gasteiger partial charge in [-0.05, 0) is 62.4 Å². The first-order chi connectivity index (χ1) is 13.8. The second kappa shape index (κ2) is 8.51. The van der Waals surface area contributed by atoms with Crippen molar-refractivity contribution in [3.8, 4) is 0 Å². The normalized spacial score (nSPS) is 11.2. The van der Waals surface area contributed by atoms with E-state index in [1.54, 1.807) is 53.0 Å². The van der Waals surface area contributed by atoms with Crippen molar-refractivity contribution in [3.63, 3.8) is 0 Å². The third-order valence-electron chi connectivity index (χ3n) is 4.21. The zero-order valence-electron chi connectivity index (χ0n) is 16.1. The molecule has 0 aliphatic heterocycles. The Morgan fingerprint density at radius 2 is 1.53 bits per heavy atom. The number of halogens is 2. The van der Waals surface area contributed by atoms with Crippen LogP contribution in [0.15, 0.2) is 65.6 Å². The Kier molecular flexibility index (Phi) is 6.21. The van der Waals surface area contributed by atoms with Gasteiger partial charge in [-0.25, -0.2) is 13.4 Å². The summed E-state index contributed by atoms with van der Waals surface area (Å²) in [6.07, 6.45) is 0. The standard InChI is InChI=1S/C20H18ClN5O2S.ClH/c1-13-11-20(26-19(22-13)12-14(2)24-26)23-16-7-9-18(10-8-16)29(27,28)25-17-5-3-15(21)4-6-17;/h3-12,23,25H,1-2H3;1H. The predicted octanol–water partition coefficient (Wildman–Crippen LogP) is 4.97. The number of aromatic nitrogens is 3. The van der Waals surface area contributed by atoms with Crippen LogP contribution in [-0.2, 0) is 10.0 Å². The van der Waals surface area contributed by atoms with E-state index in [9.17, 15) is 8.42 Å². The van der Waals surface area contributed by atoms with Crippen LogP contribution in [0.1, 0.15) is 11.4 Å². The van der Waals surface area contributed by atoms with Crippen LogP contribution in [0.3, 0.4) is 0 Å². The fraction of sp³-hybridized carbons (Fsp3) is 0.100. The molecule has 156 valence electrons. The molecule has 30 heavy (non-hydrogen) atoms. The topological polar surface area (TPSA) is 88.4 Å². The monoisotopic (exact) mass is 463 g/mol. The van der Waals surface area contributed by atoms with Crippen LogP contribution in [0.4, 0.5) is 17.2 Å². The Hall–Kier alpha value is -2.81. The van der Waals surface area contributed by atoms with Crippen molar-refractivity contribution in [1.29, 1.82) is 0 Å². The average molecular weight is 464 g/mol. The summed E-state index contributed by atoms with van der Waals surface area (Å²) in [6.45, 7) is 3.81. The summed E-state index contributed by atoms with van der Waals surface area (Å²) in [5.74, 6) is 0.746. The lowest BCUT2D eigenvalue weighted by Gasteiger charge is -2.11. The van der Waals surface area contributed by atoms with Gasteiger partial charge in [-0.2, -0.15) is 9.61 Å². The largest absolute Gasteiger partial charge is 0.340 e. The number of nitrogens with one attached hydrogen (secondary N) is 2. The van der Waals surface area contributed by atoms with Crippen molar-refractivity contribution in [2.24, 2.45) is 0 Å². The van der Waals surface area contributed by atoms with Crippen LogP contribution < -0.4 is 10.0 Å². The van der Waals surface area contributed by atoms with Crippen LogP contribution in [0.2, 0.25) is 5.02 Å².